The minimum absolute atomic E-state index is 0.118. The molecule has 0 aliphatic carbocycles. The van der Waals surface area contributed by atoms with Gasteiger partial charge in [-0.15, -0.1) is 0 Å². The molecule has 5 nitrogen and oxygen atoms in total. The van der Waals surface area contributed by atoms with E-state index in [2.05, 4.69) is 0 Å². The van der Waals surface area contributed by atoms with E-state index in [0.717, 1.165) is 6.42 Å². The van der Waals surface area contributed by atoms with Gasteiger partial charge in [0, 0.05) is 38.2 Å². The Morgan fingerprint density at radius 1 is 1.17 bits per heavy atom. The summed E-state index contributed by atoms with van der Waals surface area (Å²) in [6.45, 7) is 6.25. The van der Waals surface area contributed by atoms with Gasteiger partial charge in [-0.25, -0.2) is 4.39 Å². The zero-order chi connectivity index (χ0) is 17.7. The van der Waals surface area contributed by atoms with Crippen molar-refractivity contribution in [2.45, 2.75) is 26.7 Å². The van der Waals surface area contributed by atoms with Crippen LogP contribution in [0.5, 0.6) is 5.75 Å². The predicted molar refractivity (Wildman–Crippen MR) is 89.5 cm³/mol. The summed E-state index contributed by atoms with van der Waals surface area (Å²) in [5, 5.41) is 0. The number of benzene rings is 1. The lowest BCUT2D eigenvalue weighted by atomic mass is 10.1. The molecule has 24 heavy (non-hydrogen) atoms. The van der Waals surface area contributed by atoms with Crippen LogP contribution >= 0.6 is 0 Å². The quantitative estimate of drug-likeness (QED) is 0.849. The summed E-state index contributed by atoms with van der Waals surface area (Å²) >= 11 is 0. The van der Waals surface area contributed by atoms with Gasteiger partial charge < -0.3 is 14.5 Å². The molecular weight excluding hydrogens is 311 g/mol. The number of methoxy groups -OCH3 is 1. The van der Waals surface area contributed by atoms with Gasteiger partial charge in [-0.05, 0) is 30.5 Å². The number of halogens is 1. The van der Waals surface area contributed by atoms with Crippen molar-refractivity contribution in [2.75, 3.05) is 33.3 Å². The molecule has 1 saturated heterocycles. The lowest BCUT2D eigenvalue weighted by Crippen LogP contribution is -2.37. The molecule has 0 radical (unpaired) electrons. The summed E-state index contributed by atoms with van der Waals surface area (Å²) in [5.74, 6) is -0.190. The third-order valence-corrected chi connectivity index (χ3v) is 4.12. The van der Waals surface area contributed by atoms with Gasteiger partial charge in [-0.3, -0.25) is 9.59 Å². The van der Waals surface area contributed by atoms with Crippen molar-refractivity contribution in [3.8, 4) is 5.75 Å². The zero-order valence-electron chi connectivity index (χ0n) is 14.5. The first kappa shape index (κ1) is 18.2. The van der Waals surface area contributed by atoms with E-state index in [1.807, 2.05) is 18.7 Å². The number of amides is 2. The maximum atomic E-state index is 13.8. The molecule has 2 amide bonds. The predicted octanol–water partition coefficient (Wildman–Crippen LogP) is 2.55. The normalized spacial score (nSPS) is 15.4. The van der Waals surface area contributed by atoms with Crippen LogP contribution in [0.2, 0.25) is 0 Å². The van der Waals surface area contributed by atoms with E-state index >= 15 is 0 Å². The van der Waals surface area contributed by atoms with Crippen LogP contribution in [0.4, 0.5) is 4.39 Å². The molecule has 0 atom stereocenters. The Labute approximate surface area is 142 Å². The van der Waals surface area contributed by atoms with E-state index in [0.29, 0.717) is 44.1 Å². The van der Waals surface area contributed by atoms with Crippen molar-refractivity contribution in [1.82, 2.24) is 9.80 Å². The minimum atomic E-state index is -0.549. The number of hydrogen-bond acceptors (Lipinski definition) is 3. The molecule has 1 aliphatic heterocycles. The largest absolute Gasteiger partial charge is 0.494 e. The maximum absolute atomic E-state index is 13.8. The van der Waals surface area contributed by atoms with Gasteiger partial charge in [0.25, 0.3) is 5.91 Å². The van der Waals surface area contributed by atoms with Gasteiger partial charge in [-0.2, -0.15) is 0 Å². The van der Waals surface area contributed by atoms with E-state index in [-0.39, 0.29) is 17.6 Å². The molecule has 0 unspecified atom stereocenters. The first-order valence-electron chi connectivity index (χ1n) is 8.33. The average Bonchev–Trinajstić information content (AvgIpc) is 2.79. The number of hydrogen-bond donors (Lipinski definition) is 0. The highest BCUT2D eigenvalue weighted by Crippen LogP contribution is 2.19. The fraction of sp³-hybridized carbons (Fsp3) is 0.556. The molecule has 2 rings (SSSR count). The molecule has 1 aromatic carbocycles. The third-order valence-electron chi connectivity index (χ3n) is 4.12. The third kappa shape index (κ3) is 4.46. The van der Waals surface area contributed by atoms with Crippen molar-refractivity contribution in [3.05, 3.63) is 29.6 Å². The Balaban J connectivity index is 2.01. The van der Waals surface area contributed by atoms with Crippen LogP contribution in [-0.4, -0.2) is 54.9 Å². The summed E-state index contributed by atoms with van der Waals surface area (Å²) in [6, 6.07) is 4.23. The number of nitrogens with zero attached hydrogens (tertiary/aromatic N) is 2. The van der Waals surface area contributed by atoms with Crippen molar-refractivity contribution in [1.29, 1.82) is 0 Å². The first-order chi connectivity index (χ1) is 11.4. The Bertz CT molecular complexity index is 604. The van der Waals surface area contributed by atoms with E-state index in [4.69, 9.17) is 4.74 Å². The van der Waals surface area contributed by atoms with Gasteiger partial charge in [-0.1, -0.05) is 13.8 Å². The highest BCUT2D eigenvalue weighted by Gasteiger charge is 2.23. The first-order valence-corrected chi connectivity index (χ1v) is 8.33. The second-order valence-electron chi connectivity index (χ2n) is 6.47. The summed E-state index contributed by atoms with van der Waals surface area (Å²) in [6.07, 6.45) is 1.26. The van der Waals surface area contributed by atoms with Crippen LogP contribution in [0.15, 0.2) is 18.2 Å². The number of carbonyl (C=O) groups excluding carboxylic acids is 2. The molecule has 0 N–H and O–H groups in total. The topological polar surface area (TPSA) is 49.9 Å². The summed E-state index contributed by atoms with van der Waals surface area (Å²) < 4.78 is 18.7. The zero-order valence-corrected chi connectivity index (χ0v) is 14.5. The molecule has 1 heterocycles. The van der Waals surface area contributed by atoms with Crippen molar-refractivity contribution < 1.29 is 18.7 Å². The fourth-order valence-electron chi connectivity index (χ4n) is 2.83. The number of ether oxygens (including phenoxy) is 1. The van der Waals surface area contributed by atoms with Crippen LogP contribution in [0, 0.1) is 11.7 Å². The van der Waals surface area contributed by atoms with Crippen LogP contribution in [-0.2, 0) is 4.79 Å². The standard InChI is InChI=1S/C18H25FN2O3/c1-13(2)11-17(22)20-7-4-8-21(10-9-20)18(23)14-5-6-16(24-3)15(19)12-14/h5-6,12-13H,4,7-11H2,1-3H3. The Hall–Kier alpha value is -2.11. The SMILES string of the molecule is COc1ccc(C(=O)N2CCCN(C(=O)CC(C)C)CC2)cc1F. The number of carbonyl (C=O) groups is 2. The molecule has 0 aromatic heterocycles. The fourth-order valence-corrected chi connectivity index (χ4v) is 2.83. The molecule has 0 spiro atoms. The second kappa shape index (κ2) is 8.13. The van der Waals surface area contributed by atoms with Crippen LogP contribution in [0.3, 0.4) is 0 Å². The van der Waals surface area contributed by atoms with E-state index in [1.165, 1.54) is 19.2 Å². The molecule has 1 fully saturated rings. The van der Waals surface area contributed by atoms with E-state index in [9.17, 15) is 14.0 Å². The van der Waals surface area contributed by atoms with Crippen molar-refractivity contribution in [2.24, 2.45) is 5.92 Å². The second-order valence-corrected chi connectivity index (χ2v) is 6.47. The Morgan fingerprint density at radius 3 is 2.46 bits per heavy atom. The van der Waals surface area contributed by atoms with Gasteiger partial charge in [0.05, 0.1) is 7.11 Å². The smallest absolute Gasteiger partial charge is 0.254 e. The molecule has 1 aromatic rings. The van der Waals surface area contributed by atoms with Crippen LogP contribution < -0.4 is 4.74 Å². The molecule has 1 aliphatic rings. The van der Waals surface area contributed by atoms with Crippen molar-refractivity contribution >= 4 is 11.8 Å². The van der Waals surface area contributed by atoms with Crippen LogP contribution in [0.1, 0.15) is 37.0 Å². The van der Waals surface area contributed by atoms with Crippen molar-refractivity contribution in [3.63, 3.8) is 0 Å². The van der Waals surface area contributed by atoms with Gasteiger partial charge >= 0.3 is 0 Å². The lowest BCUT2D eigenvalue weighted by molar-refractivity contribution is -0.131. The lowest BCUT2D eigenvalue weighted by Gasteiger charge is -2.23. The highest BCUT2D eigenvalue weighted by molar-refractivity contribution is 5.94. The average molecular weight is 336 g/mol. The summed E-state index contributed by atoms with van der Waals surface area (Å²) in [5.41, 5.74) is 0.301. The Morgan fingerprint density at radius 2 is 1.83 bits per heavy atom. The molecule has 6 heteroatoms. The minimum Gasteiger partial charge on any atom is -0.494 e. The van der Waals surface area contributed by atoms with Gasteiger partial charge in [0.1, 0.15) is 0 Å². The molecule has 132 valence electrons. The van der Waals surface area contributed by atoms with Gasteiger partial charge in [0.2, 0.25) is 5.91 Å². The van der Waals surface area contributed by atoms with E-state index in [1.54, 1.807) is 11.0 Å². The number of rotatable bonds is 4. The summed E-state index contributed by atoms with van der Waals surface area (Å²) in [7, 11) is 1.39. The highest BCUT2D eigenvalue weighted by atomic mass is 19.1. The molecule has 0 saturated carbocycles. The monoisotopic (exact) mass is 336 g/mol. The Kier molecular flexibility index (Phi) is 6.17. The molecule has 0 bridgehead atoms. The van der Waals surface area contributed by atoms with E-state index < -0.39 is 5.82 Å². The maximum Gasteiger partial charge on any atom is 0.254 e. The van der Waals surface area contributed by atoms with Gasteiger partial charge in [0.15, 0.2) is 11.6 Å². The van der Waals surface area contributed by atoms with Crippen LogP contribution in [0.25, 0.3) is 0 Å². The molecular formula is C18H25FN2O3. The summed E-state index contributed by atoms with van der Waals surface area (Å²) in [4.78, 5) is 28.3.